The van der Waals surface area contributed by atoms with Crippen LogP contribution in [0.1, 0.15) is 35.0 Å². The van der Waals surface area contributed by atoms with Gasteiger partial charge >= 0.3 is 0 Å². The SMILES string of the molecule is Clc1ccc(CNC2CCCc3cccnc32)s1. The number of aryl methyl sites for hydroxylation is 1. The van der Waals surface area contributed by atoms with Crippen molar-refractivity contribution in [2.24, 2.45) is 0 Å². The average Bonchev–Trinajstić information content (AvgIpc) is 2.82. The van der Waals surface area contributed by atoms with Crippen molar-refractivity contribution in [1.82, 2.24) is 10.3 Å². The highest BCUT2D eigenvalue weighted by Crippen LogP contribution is 2.28. The van der Waals surface area contributed by atoms with Crippen molar-refractivity contribution in [2.75, 3.05) is 0 Å². The topological polar surface area (TPSA) is 24.9 Å². The monoisotopic (exact) mass is 278 g/mol. The van der Waals surface area contributed by atoms with Crippen molar-refractivity contribution in [3.8, 4) is 0 Å². The Morgan fingerprint density at radius 3 is 3.17 bits per heavy atom. The standard InChI is InChI=1S/C14H15ClN2S/c15-13-7-6-11(18-13)9-17-12-5-1-3-10-4-2-8-16-14(10)12/h2,4,6-8,12,17H,1,3,5,9H2. The van der Waals surface area contributed by atoms with Gasteiger partial charge in [0.25, 0.3) is 0 Å². The summed E-state index contributed by atoms with van der Waals surface area (Å²) in [6.07, 6.45) is 5.46. The number of rotatable bonds is 3. The summed E-state index contributed by atoms with van der Waals surface area (Å²) in [5.41, 5.74) is 2.62. The van der Waals surface area contributed by atoms with Crippen LogP contribution in [0.3, 0.4) is 0 Å². The molecule has 2 aromatic heterocycles. The Hall–Kier alpha value is -0.900. The second kappa shape index (κ2) is 5.39. The van der Waals surface area contributed by atoms with E-state index in [1.54, 1.807) is 11.3 Å². The van der Waals surface area contributed by atoms with Crippen molar-refractivity contribution in [1.29, 1.82) is 0 Å². The number of fused-ring (bicyclic) bond motifs is 1. The van der Waals surface area contributed by atoms with Crippen LogP contribution in [0.25, 0.3) is 0 Å². The minimum absolute atomic E-state index is 0.385. The summed E-state index contributed by atoms with van der Waals surface area (Å²) in [6, 6.07) is 8.65. The average molecular weight is 279 g/mol. The van der Waals surface area contributed by atoms with Gasteiger partial charge in [0.2, 0.25) is 0 Å². The van der Waals surface area contributed by atoms with Gasteiger partial charge in [0.05, 0.1) is 16.1 Å². The lowest BCUT2D eigenvalue weighted by atomic mass is 9.92. The highest BCUT2D eigenvalue weighted by Gasteiger charge is 2.20. The summed E-state index contributed by atoms with van der Waals surface area (Å²) in [5, 5.41) is 3.60. The summed E-state index contributed by atoms with van der Waals surface area (Å²) in [4.78, 5) is 5.81. The Bertz CT molecular complexity index is 538. The second-order valence-electron chi connectivity index (χ2n) is 4.58. The van der Waals surface area contributed by atoms with Gasteiger partial charge in [0.1, 0.15) is 0 Å². The van der Waals surface area contributed by atoms with Crippen LogP contribution in [0, 0.1) is 0 Å². The number of nitrogens with one attached hydrogen (secondary N) is 1. The van der Waals surface area contributed by atoms with E-state index < -0.39 is 0 Å². The van der Waals surface area contributed by atoms with E-state index in [1.165, 1.54) is 29.0 Å². The van der Waals surface area contributed by atoms with Crippen molar-refractivity contribution < 1.29 is 0 Å². The Balaban J connectivity index is 1.71. The van der Waals surface area contributed by atoms with E-state index in [2.05, 4.69) is 22.4 Å². The molecule has 1 aliphatic carbocycles. The van der Waals surface area contributed by atoms with Gasteiger partial charge in [-0.15, -0.1) is 11.3 Å². The quantitative estimate of drug-likeness (QED) is 0.919. The minimum atomic E-state index is 0.385. The minimum Gasteiger partial charge on any atom is -0.304 e. The van der Waals surface area contributed by atoms with E-state index in [0.29, 0.717) is 6.04 Å². The molecule has 18 heavy (non-hydrogen) atoms. The molecule has 1 unspecified atom stereocenters. The molecular formula is C14H15ClN2S. The van der Waals surface area contributed by atoms with Crippen LogP contribution in [0.15, 0.2) is 30.5 Å². The number of hydrogen-bond acceptors (Lipinski definition) is 3. The maximum Gasteiger partial charge on any atom is 0.0931 e. The zero-order valence-corrected chi connectivity index (χ0v) is 11.6. The second-order valence-corrected chi connectivity index (χ2v) is 6.38. The Kier molecular flexibility index (Phi) is 3.64. The molecule has 0 bridgehead atoms. The van der Waals surface area contributed by atoms with E-state index in [0.717, 1.165) is 17.3 Å². The van der Waals surface area contributed by atoms with Gasteiger partial charge < -0.3 is 5.32 Å². The van der Waals surface area contributed by atoms with E-state index in [1.807, 2.05) is 18.3 Å². The highest BCUT2D eigenvalue weighted by atomic mass is 35.5. The molecule has 0 radical (unpaired) electrons. The van der Waals surface area contributed by atoms with Gasteiger partial charge in [0.15, 0.2) is 0 Å². The van der Waals surface area contributed by atoms with Gasteiger partial charge in [-0.05, 0) is 43.0 Å². The zero-order chi connectivity index (χ0) is 12.4. The van der Waals surface area contributed by atoms with E-state index in [-0.39, 0.29) is 0 Å². The molecule has 0 aromatic carbocycles. The molecule has 0 fully saturated rings. The van der Waals surface area contributed by atoms with Gasteiger partial charge in [-0.25, -0.2) is 0 Å². The molecule has 0 saturated carbocycles. The normalized spacial score (nSPS) is 18.6. The van der Waals surface area contributed by atoms with Crippen LogP contribution in [-0.2, 0) is 13.0 Å². The summed E-state index contributed by atoms with van der Waals surface area (Å²) in [7, 11) is 0. The van der Waals surface area contributed by atoms with Crippen molar-refractivity contribution in [2.45, 2.75) is 31.8 Å². The molecule has 2 aromatic rings. The lowest BCUT2D eigenvalue weighted by molar-refractivity contribution is 0.449. The van der Waals surface area contributed by atoms with Crippen LogP contribution in [0.5, 0.6) is 0 Å². The highest BCUT2D eigenvalue weighted by molar-refractivity contribution is 7.16. The molecule has 0 amide bonds. The Labute approximate surface area is 116 Å². The summed E-state index contributed by atoms with van der Waals surface area (Å²) < 4.78 is 0.856. The van der Waals surface area contributed by atoms with Crippen LogP contribution < -0.4 is 5.32 Å². The van der Waals surface area contributed by atoms with E-state index in [9.17, 15) is 0 Å². The van der Waals surface area contributed by atoms with Crippen molar-refractivity contribution >= 4 is 22.9 Å². The van der Waals surface area contributed by atoms with Crippen molar-refractivity contribution in [3.63, 3.8) is 0 Å². The number of thiophene rings is 1. The van der Waals surface area contributed by atoms with Crippen LogP contribution in [-0.4, -0.2) is 4.98 Å². The summed E-state index contributed by atoms with van der Waals surface area (Å²) in [5.74, 6) is 0. The van der Waals surface area contributed by atoms with Crippen molar-refractivity contribution in [3.05, 3.63) is 50.9 Å². The summed E-state index contributed by atoms with van der Waals surface area (Å²) in [6.45, 7) is 0.873. The molecule has 94 valence electrons. The molecule has 2 nitrogen and oxygen atoms in total. The molecule has 0 saturated heterocycles. The van der Waals surface area contributed by atoms with Crippen LogP contribution >= 0.6 is 22.9 Å². The van der Waals surface area contributed by atoms with Crippen LogP contribution in [0.2, 0.25) is 4.34 Å². The maximum absolute atomic E-state index is 5.94. The zero-order valence-electron chi connectivity index (χ0n) is 10.0. The third-order valence-electron chi connectivity index (χ3n) is 3.35. The van der Waals surface area contributed by atoms with Gasteiger partial charge in [-0.2, -0.15) is 0 Å². The fraction of sp³-hybridized carbons (Fsp3) is 0.357. The molecule has 2 heterocycles. The Morgan fingerprint density at radius 1 is 1.39 bits per heavy atom. The van der Waals surface area contributed by atoms with E-state index in [4.69, 9.17) is 11.6 Å². The molecular weight excluding hydrogens is 264 g/mol. The number of aromatic nitrogens is 1. The Morgan fingerprint density at radius 2 is 2.33 bits per heavy atom. The molecule has 0 spiro atoms. The van der Waals surface area contributed by atoms with E-state index >= 15 is 0 Å². The number of hydrogen-bond donors (Lipinski definition) is 1. The smallest absolute Gasteiger partial charge is 0.0931 e. The summed E-state index contributed by atoms with van der Waals surface area (Å²) >= 11 is 7.58. The fourth-order valence-corrected chi connectivity index (χ4v) is 3.52. The number of nitrogens with zero attached hydrogens (tertiary/aromatic N) is 1. The maximum atomic E-state index is 5.94. The molecule has 1 atom stereocenters. The molecule has 1 aliphatic rings. The molecule has 4 heteroatoms. The largest absolute Gasteiger partial charge is 0.304 e. The first kappa shape index (κ1) is 12.2. The predicted molar refractivity (Wildman–Crippen MR) is 76.1 cm³/mol. The number of halogens is 1. The molecule has 1 N–H and O–H groups in total. The fourth-order valence-electron chi connectivity index (χ4n) is 2.48. The predicted octanol–water partition coefficient (Wildman–Crippen LogP) is 3.96. The third-order valence-corrected chi connectivity index (χ3v) is 4.58. The third kappa shape index (κ3) is 2.58. The lowest BCUT2D eigenvalue weighted by Crippen LogP contribution is -2.25. The van der Waals surface area contributed by atoms with Gasteiger partial charge in [0, 0.05) is 17.6 Å². The van der Waals surface area contributed by atoms with Gasteiger partial charge in [-0.1, -0.05) is 17.7 Å². The number of pyridine rings is 1. The van der Waals surface area contributed by atoms with Crippen LogP contribution in [0.4, 0.5) is 0 Å². The first-order valence-electron chi connectivity index (χ1n) is 6.24. The lowest BCUT2D eigenvalue weighted by Gasteiger charge is -2.25. The molecule has 3 rings (SSSR count). The van der Waals surface area contributed by atoms with Gasteiger partial charge in [-0.3, -0.25) is 4.98 Å². The first-order chi connectivity index (χ1) is 8.83. The first-order valence-corrected chi connectivity index (χ1v) is 7.44. The molecule has 0 aliphatic heterocycles.